The van der Waals surface area contributed by atoms with E-state index in [1.165, 1.54) is 52.0 Å². The van der Waals surface area contributed by atoms with Crippen LogP contribution in [0.3, 0.4) is 0 Å². The van der Waals surface area contributed by atoms with Crippen molar-refractivity contribution < 1.29 is 30.5 Å². The first-order valence-electron chi connectivity index (χ1n) is 17.1. The summed E-state index contributed by atoms with van der Waals surface area (Å²) in [5.74, 6) is 3.67. The first-order chi connectivity index (χ1) is 27.0. The van der Waals surface area contributed by atoms with Gasteiger partial charge < -0.3 is 10.7 Å². The lowest BCUT2D eigenvalue weighted by Gasteiger charge is -2.13. The number of hydrogen-bond donors (Lipinski definition) is 4. The lowest BCUT2D eigenvalue weighted by Crippen LogP contribution is -2.23. The van der Waals surface area contributed by atoms with Gasteiger partial charge in [0.25, 0.3) is 0 Å². The smallest absolute Gasteiger partial charge is 0.312 e. The molecule has 0 aliphatic heterocycles. The van der Waals surface area contributed by atoms with E-state index in [9.17, 15) is 35.7 Å². The molecule has 18 heteroatoms. The van der Waals surface area contributed by atoms with Gasteiger partial charge in [0.05, 0.1) is 43.8 Å². The summed E-state index contributed by atoms with van der Waals surface area (Å²) in [6.45, 7) is 5.99. The molecule has 0 unspecified atom stereocenters. The third kappa shape index (κ3) is 10.1. The Balaban J connectivity index is 0.000000230. The van der Waals surface area contributed by atoms with E-state index in [4.69, 9.17) is 5.73 Å². The van der Waals surface area contributed by atoms with Gasteiger partial charge in [-0.15, -0.1) is 0 Å². The van der Waals surface area contributed by atoms with Crippen LogP contribution in [0.1, 0.15) is 39.0 Å². The van der Waals surface area contributed by atoms with E-state index in [0.29, 0.717) is 22.6 Å². The minimum Gasteiger partial charge on any atom is -0.396 e. The monoisotopic (exact) mass is 814 g/mol. The maximum Gasteiger partial charge on any atom is 0.312 e. The van der Waals surface area contributed by atoms with Gasteiger partial charge in [-0.05, 0) is 76.1 Å². The maximum absolute atomic E-state index is 14.5. The Kier molecular flexibility index (Phi) is 12.6. The van der Waals surface area contributed by atoms with Gasteiger partial charge in [0.1, 0.15) is 23.2 Å². The molecule has 3 aromatic heterocycles. The number of H-pyrrole nitrogens is 1. The summed E-state index contributed by atoms with van der Waals surface area (Å²) in [6, 6.07) is 27.3. The fourth-order valence-electron chi connectivity index (χ4n) is 4.80. The highest BCUT2D eigenvalue weighted by Crippen LogP contribution is 2.35. The van der Waals surface area contributed by atoms with E-state index in [0.717, 1.165) is 17.7 Å². The van der Waals surface area contributed by atoms with Crippen molar-refractivity contribution in [3.63, 3.8) is 0 Å². The molecule has 0 atom stereocenters. The molecule has 57 heavy (non-hydrogen) atoms. The Morgan fingerprint density at radius 1 is 0.719 bits per heavy atom. The van der Waals surface area contributed by atoms with Crippen molar-refractivity contribution in [2.75, 3.05) is 15.2 Å². The Labute approximate surface area is 327 Å². The van der Waals surface area contributed by atoms with Crippen LogP contribution in [0.25, 0.3) is 34.0 Å². The Morgan fingerprint density at radius 3 is 1.88 bits per heavy atom. The fourth-order valence-corrected chi connectivity index (χ4v) is 6.13. The van der Waals surface area contributed by atoms with Gasteiger partial charge in [-0.25, -0.2) is 40.6 Å². The zero-order chi connectivity index (χ0) is 41.5. The number of benzene rings is 3. The minimum absolute atomic E-state index is 0.0256. The summed E-state index contributed by atoms with van der Waals surface area (Å²) < 4.78 is 82.1. The molecule has 6 aromatic rings. The first kappa shape index (κ1) is 41.5. The molecule has 0 radical (unpaired) electrons. The number of aromatic nitrogens is 4. The van der Waals surface area contributed by atoms with E-state index in [1.807, 2.05) is 24.3 Å². The number of nitrogens with two attached hydrogens (primary N) is 1. The van der Waals surface area contributed by atoms with Crippen LogP contribution in [0.5, 0.6) is 0 Å². The molecular formula is C39H36F2N8O6S2. The molecule has 0 saturated carbocycles. The molecule has 5 N–H and O–H groups in total. The average molecular weight is 815 g/mol. The van der Waals surface area contributed by atoms with Crippen LogP contribution < -0.4 is 15.2 Å². The number of aromatic amines is 1. The molecule has 6 rings (SSSR count). The number of hydrogen-bond acceptors (Lipinski definition) is 10. The van der Waals surface area contributed by atoms with Crippen LogP contribution in [0.15, 0.2) is 103 Å². The molecule has 0 fully saturated rings. The van der Waals surface area contributed by atoms with Crippen molar-refractivity contribution >= 4 is 43.1 Å². The number of pyridine rings is 2. The normalized spacial score (nSPS) is 11.3. The molecule has 0 aliphatic carbocycles. The van der Waals surface area contributed by atoms with E-state index in [1.54, 1.807) is 42.5 Å². The van der Waals surface area contributed by atoms with Gasteiger partial charge in [0, 0.05) is 17.2 Å². The third-order valence-corrected chi connectivity index (χ3v) is 11.5. The zero-order valence-corrected chi connectivity index (χ0v) is 32.5. The molecule has 0 bridgehead atoms. The number of nitrogen functional groups attached to an aromatic ring is 1. The number of nitrogens with zero attached hydrogens (tertiary/aromatic N) is 4. The number of halogens is 2. The van der Waals surface area contributed by atoms with Crippen molar-refractivity contribution in [3.8, 4) is 45.9 Å². The van der Waals surface area contributed by atoms with Crippen LogP contribution in [0, 0.1) is 33.6 Å². The van der Waals surface area contributed by atoms with Crippen molar-refractivity contribution in [2.24, 2.45) is 0 Å². The predicted molar refractivity (Wildman–Crippen MR) is 216 cm³/mol. The average Bonchev–Trinajstić information content (AvgIpc) is 3.60. The molecule has 0 amide bonds. The van der Waals surface area contributed by atoms with Gasteiger partial charge in [-0.2, -0.15) is 0 Å². The van der Waals surface area contributed by atoms with Gasteiger partial charge in [0.2, 0.25) is 25.9 Å². The second-order valence-corrected chi connectivity index (χ2v) is 17.2. The lowest BCUT2D eigenvalue weighted by molar-refractivity contribution is -0.384. The maximum atomic E-state index is 14.5. The van der Waals surface area contributed by atoms with E-state index in [-0.39, 0.29) is 34.4 Å². The fraction of sp³-hybridized carbons (Fsp3) is 0.154. The summed E-state index contributed by atoms with van der Waals surface area (Å²) in [4.78, 5) is 26.1. The summed E-state index contributed by atoms with van der Waals surface area (Å²) in [5.41, 5.74) is 8.03. The molecule has 294 valence electrons. The molecule has 0 saturated heterocycles. The van der Waals surface area contributed by atoms with Crippen LogP contribution in [-0.4, -0.2) is 52.2 Å². The summed E-state index contributed by atoms with van der Waals surface area (Å²) in [7, 11) is -7.46. The van der Waals surface area contributed by atoms with Crippen LogP contribution in [0.2, 0.25) is 0 Å². The van der Waals surface area contributed by atoms with Crippen molar-refractivity contribution in [3.05, 3.63) is 136 Å². The lowest BCUT2D eigenvalue weighted by atomic mass is 10.1. The highest BCUT2D eigenvalue weighted by atomic mass is 32.2. The Bertz CT molecular complexity index is 2680. The van der Waals surface area contributed by atoms with E-state index in [2.05, 4.69) is 41.2 Å². The zero-order valence-electron chi connectivity index (χ0n) is 30.9. The molecule has 0 spiro atoms. The molecule has 0 aliphatic rings. The summed E-state index contributed by atoms with van der Waals surface area (Å²) in [5, 5.41) is 9.61. The number of nitrogens with one attached hydrogen (secondary N) is 3. The SMILES string of the molecule is CC(C)S(=O)(=O)Nc1nc(-c2[nH]c(-c3c(F)cccc3F)nc2-c2ccccc2)ccc1N.CC(C)S(=O)(=O)Nc1nc(C#Cc2ccccc2)ccc1[N+](=O)[O-]. The quantitative estimate of drug-likeness (QED) is 0.0612. The second-order valence-electron chi connectivity index (χ2n) is 12.7. The van der Waals surface area contributed by atoms with Crippen LogP contribution >= 0.6 is 0 Å². The first-order valence-corrected chi connectivity index (χ1v) is 20.2. The highest BCUT2D eigenvalue weighted by molar-refractivity contribution is 7.93. The van der Waals surface area contributed by atoms with Gasteiger partial charge in [-0.3, -0.25) is 19.6 Å². The molecule has 14 nitrogen and oxygen atoms in total. The van der Waals surface area contributed by atoms with Crippen molar-refractivity contribution in [1.82, 2.24) is 19.9 Å². The number of imidazole rings is 1. The van der Waals surface area contributed by atoms with Gasteiger partial charge >= 0.3 is 5.69 Å². The number of anilines is 3. The number of sulfonamides is 2. The minimum atomic E-state index is -3.76. The Morgan fingerprint density at radius 2 is 1.30 bits per heavy atom. The van der Waals surface area contributed by atoms with Gasteiger partial charge in [-0.1, -0.05) is 60.5 Å². The van der Waals surface area contributed by atoms with Crippen LogP contribution in [-0.2, 0) is 20.0 Å². The van der Waals surface area contributed by atoms with Crippen molar-refractivity contribution in [1.29, 1.82) is 0 Å². The topological polar surface area (TPSA) is 216 Å². The van der Waals surface area contributed by atoms with Crippen LogP contribution in [0.4, 0.5) is 31.8 Å². The summed E-state index contributed by atoms with van der Waals surface area (Å²) >= 11 is 0. The standard InChI is InChI=1S/C23H21F2N5O2S.C16H15N3O4S/c1-13(2)33(31,32)30-22-17(26)11-12-18(27-22)21-20(14-7-4-3-5-8-14)28-23(29-21)19-15(24)9-6-10-16(19)25;1-12(2)24(22,23)18-16-15(19(20)21)11-10-14(17-16)9-8-13-6-4-3-5-7-13/h3-13H,26H2,1-2H3,(H,27,30)(H,28,29);3-7,10-12H,1-2H3,(H,17,18). The molecular weight excluding hydrogens is 779 g/mol. The molecule has 3 heterocycles. The second kappa shape index (κ2) is 17.4. The summed E-state index contributed by atoms with van der Waals surface area (Å²) in [6.07, 6.45) is 0. The van der Waals surface area contributed by atoms with Gasteiger partial charge in [0.15, 0.2) is 5.82 Å². The molecule has 3 aromatic carbocycles. The predicted octanol–water partition coefficient (Wildman–Crippen LogP) is 7.36. The number of nitro groups is 1. The van der Waals surface area contributed by atoms with E-state index < -0.39 is 52.8 Å². The largest absolute Gasteiger partial charge is 0.396 e. The Hall–Kier alpha value is -6.71. The highest BCUT2D eigenvalue weighted by Gasteiger charge is 2.25. The van der Waals surface area contributed by atoms with E-state index >= 15 is 0 Å². The third-order valence-electron chi connectivity index (χ3n) is 8.03. The van der Waals surface area contributed by atoms with Crippen molar-refractivity contribution in [2.45, 2.75) is 38.2 Å². The number of rotatable bonds is 10.